The van der Waals surface area contributed by atoms with Crippen molar-refractivity contribution in [1.82, 2.24) is 20.0 Å². The first kappa shape index (κ1) is 15.2. The van der Waals surface area contributed by atoms with E-state index in [1.807, 2.05) is 53.5 Å². The molecule has 23 heavy (non-hydrogen) atoms. The molecule has 0 aliphatic rings. The first-order valence-electron chi connectivity index (χ1n) is 7.65. The molecular formula is C18H20N4O. The van der Waals surface area contributed by atoms with Crippen LogP contribution in [0.15, 0.2) is 48.8 Å². The molecule has 3 rings (SSSR count). The lowest BCUT2D eigenvalue weighted by Crippen LogP contribution is -1.99. The molecule has 0 aliphatic carbocycles. The van der Waals surface area contributed by atoms with E-state index in [4.69, 9.17) is 4.74 Å². The van der Waals surface area contributed by atoms with Gasteiger partial charge in [-0.25, -0.2) is 0 Å². The van der Waals surface area contributed by atoms with Crippen LogP contribution in [0, 0.1) is 0 Å². The van der Waals surface area contributed by atoms with E-state index in [2.05, 4.69) is 29.1 Å². The average Bonchev–Trinajstić information content (AvgIpc) is 3.04. The molecular weight excluding hydrogens is 288 g/mol. The predicted octanol–water partition coefficient (Wildman–Crippen LogP) is 3.52. The van der Waals surface area contributed by atoms with Crippen molar-refractivity contribution in [2.75, 3.05) is 7.11 Å². The first-order chi connectivity index (χ1) is 11.2. The average molecular weight is 308 g/mol. The SMILES string of the molecule is COc1ccc(Cn2cc(-c3ccc(C(C)C)nn3)cn2)cc1. The lowest BCUT2D eigenvalue weighted by Gasteiger charge is -2.04. The summed E-state index contributed by atoms with van der Waals surface area (Å²) < 4.78 is 7.07. The smallest absolute Gasteiger partial charge is 0.118 e. The maximum Gasteiger partial charge on any atom is 0.118 e. The Kier molecular flexibility index (Phi) is 4.37. The van der Waals surface area contributed by atoms with E-state index in [-0.39, 0.29) is 0 Å². The molecule has 1 aromatic carbocycles. The summed E-state index contributed by atoms with van der Waals surface area (Å²) in [6.07, 6.45) is 3.81. The minimum atomic E-state index is 0.384. The molecule has 0 bridgehead atoms. The number of aromatic nitrogens is 4. The topological polar surface area (TPSA) is 52.8 Å². The van der Waals surface area contributed by atoms with Gasteiger partial charge in [-0.3, -0.25) is 4.68 Å². The summed E-state index contributed by atoms with van der Waals surface area (Å²) in [5.74, 6) is 1.24. The second kappa shape index (κ2) is 6.60. The number of hydrogen-bond donors (Lipinski definition) is 0. The Morgan fingerprint density at radius 3 is 2.43 bits per heavy atom. The van der Waals surface area contributed by atoms with Crippen molar-refractivity contribution < 1.29 is 4.74 Å². The van der Waals surface area contributed by atoms with Crippen molar-refractivity contribution in [3.05, 3.63) is 60.0 Å². The van der Waals surface area contributed by atoms with Crippen LogP contribution in [0.1, 0.15) is 31.0 Å². The molecule has 5 nitrogen and oxygen atoms in total. The molecule has 0 N–H and O–H groups in total. The summed E-state index contributed by atoms with van der Waals surface area (Å²) in [6.45, 7) is 4.93. The van der Waals surface area contributed by atoms with Gasteiger partial charge in [-0.1, -0.05) is 26.0 Å². The fraction of sp³-hybridized carbons (Fsp3) is 0.278. The fourth-order valence-electron chi connectivity index (χ4n) is 2.30. The molecule has 118 valence electrons. The zero-order valence-electron chi connectivity index (χ0n) is 13.6. The second-order valence-corrected chi connectivity index (χ2v) is 5.77. The Bertz CT molecular complexity index is 760. The summed E-state index contributed by atoms with van der Waals surface area (Å²) in [5.41, 5.74) is 3.98. The van der Waals surface area contributed by atoms with Gasteiger partial charge < -0.3 is 4.74 Å². The van der Waals surface area contributed by atoms with Gasteiger partial charge in [0.1, 0.15) is 5.75 Å². The van der Waals surface area contributed by atoms with Gasteiger partial charge in [0.2, 0.25) is 0 Å². The molecule has 0 spiro atoms. The molecule has 0 fully saturated rings. The maximum atomic E-state index is 5.17. The molecule has 0 amide bonds. The number of benzene rings is 1. The standard InChI is InChI=1S/C18H20N4O/c1-13(2)17-8-9-18(21-20-17)15-10-19-22(12-15)11-14-4-6-16(23-3)7-5-14/h4-10,12-13H,11H2,1-3H3. The van der Waals surface area contributed by atoms with Crippen LogP contribution in [0.3, 0.4) is 0 Å². The Morgan fingerprint density at radius 1 is 1.04 bits per heavy atom. The van der Waals surface area contributed by atoms with Gasteiger partial charge >= 0.3 is 0 Å². The van der Waals surface area contributed by atoms with Gasteiger partial charge in [0, 0.05) is 11.8 Å². The van der Waals surface area contributed by atoms with Crippen molar-refractivity contribution in [3.63, 3.8) is 0 Å². The first-order valence-corrected chi connectivity index (χ1v) is 7.65. The molecule has 0 radical (unpaired) electrons. The van der Waals surface area contributed by atoms with Crippen LogP contribution in [0.5, 0.6) is 5.75 Å². The number of nitrogens with zero attached hydrogens (tertiary/aromatic N) is 4. The van der Waals surface area contributed by atoms with Crippen LogP contribution in [0.4, 0.5) is 0 Å². The van der Waals surface area contributed by atoms with Crippen molar-refractivity contribution >= 4 is 0 Å². The second-order valence-electron chi connectivity index (χ2n) is 5.77. The largest absolute Gasteiger partial charge is 0.497 e. The minimum absolute atomic E-state index is 0.384. The molecule has 0 saturated carbocycles. The van der Waals surface area contributed by atoms with E-state index in [1.165, 1.54) is 5.56 Å². The highest BCUT2D eigenvalue weighted by Crippen LogP contribution is 2.18. The fourth-order valence-corrected chi connectivity index (χ4v) is 2.30. The summed E-state index contributed by atoms with van der Waals surface area (Å²) in [7, 11) is 1.67. The van der Waals surface area contributed by atoms with Crippen molar-refractivity contribution in [1.29, 1.82) is 0 Å². The highest BCUT2D eigenvalue weighted by Gasteiger charge is 2.07. The summed E-state index contributed by atoms with van der Waals surface area (Å²) in [4.78, 5) is 0. The van der Waals surface area contributed by atoms with Crippen molar-refractivity contribution in [3.8, 4) is 17.0 Å². The van der Waals surface area contributed by atoms with Crippen LogP contribution in [0.2, 0.25) is 0 Å². The summed E-state index contributed by atoms with van der Waals surface area (Å²) in [5, 5.41) is 13.0. The zero-order chi connectivity index (χ0) is 16.2. The quantitative estimate of drug-likeness (QED) is 0.723. The lowest BCUT2D eigenvalue weighted by atomic mass is 10.1. The van der Waals surface area contributed by atoms with Crippen LogP contribution in [-0.2, 0) is 6.54 Å². The van der Waals surface area contributed by atoms with E-state index in [0.717, 1.165) is 22.7 Å². The van der Waals surface area contributed by atoms with Crippen LogP contribution >= 0.6 is 0 Å². The van der Waals surface area contributed by atoms with Gasteiger partial charge in [0.25, 0.3) is 0 Å². The molecule has 0 atom stereocenters. The molecule has 0 aliphatic heterocycles. The van der Waals surface area contributed by atoms with E-state index in [1.54, 1.807) is 7.11 Å². The molecule has 0 unspecified atom stereocenters. The number of hydrogen-bond acceptors (Lipinski definition) is 4. The van der Waals surface area contributed by atoms with Gasteiger partial charge in [-0.15, -0.1) is 0 Å². The summed E-state index contributed by atoms with van der Waals surface area (Å²) >= 11 is 0. The molecule has 5 heteroatoms. The monoisotopic (exact) mass is 308 g/mol. The van der Waals surface area contributed by atoms with Crippen LogP contribution < -0.4 is 4.74 Å². The van der Waals surface area contributed by atoms with Gasteiger partial charge in [0.15, 0.2) is 0 Å². The van der Waals surface area contributed by atoms with E-state index >= 15 is 0 Å². The zero-order valence-corrected chi connectivity index (χ0v) is 13.6. The van der Waals surface area contributed by atoms with Crippen molar-refractivity contribution in [2.24, 2.45) is 0 Å². The predicted molar refractivity (Wildman–Crippen MR) is 89.4 cm³/mol. The Balaban J connectivity index is 1.74. The van der Waals surface area contributed by atoms with E-state index in [9.17, 15) is 0 Å². The number of methoxy groups -OCH3 is 1. The molecule has 2 heterocycles. The van der Waals surface area contributed by atoms with Crippen molar-refractivity contribution in [2.45, 2.75) is 26.3 Å². The number of rotatable bonds is 5. The number of ether oxygens (including phenoxy) is 1. The van der Waals surface area contributed by atoms with Crippen LogP contribution in [-0.4, -0.2) is 27.1 Å². The highest BCUT2D eigenvalue weighted by molar-refractivity contribution is 5.56. The third kappa shape index (κ3) is 3.56. The van der Waals surface area contributed by atoms with Crippen LogP contribution in [0.25, 0.3) is 11.3 Å². The molecule has 2 aromatic heterocycles. The Hall–Kier alpha value is -2.69. The van der Waals surface area contributed by atoms with E-state index < -0.39 is 0 Å². The van der Waals surface area contributed by atoms with Gasteiger partial charge in [0.05, 0.1) is 31.2 Å². The molecule has 3 aromatic rings. The maximum absolute atomic E-state index is 5.17. The lowest BCUT2D eigenvalue weighted by molar-refractivity contribution is 0.414. The molecule has 0 saturated heterocycles. The third-order valence-electron chi connectivity index (χ3n) is 3.71. The van der Waals surface area contributed by atoms with E-state index in [0.29, 0.717) is 12.5 Å². The third-order valence-corrected chi connectivity index (χ3v) is 3.71. The highest BCUT2D eigenvalue weighted by atomic mass is 16.5. The van der Waals surface area contributed by atoms with Gasteiger partial charge in [-0.05, 0) is 35.7 Å². The Labute approximate surface area is 135 Å². The minimum Gasteiger partial charge on any atom is -0.497 e. The van der Waals surface area contributed by atoms with Gasteiger partial charge in [-0.2, -0.15) is 15.3 Å². The summed E-state index contributed by atoms with van der Waals surface area (Å²) in [6, 6.07) is 12.0. The Morgan fingerprint density at radius 2 is 1.83 bits per heavy atom. The normalized spacial score (nSPS) is 11.0.